The molecule has 0 radical (unpaired) electrons. The van der Waals surface area contributed by atoms with Gasteiger partial charge in [0, 0.05) is 63.4 Å². The van der Waals surface area contributed by atoms with Gasteiger partial charge in [0.05, 0.1) is 30.0 Å². The Labute approximate surface area is 237 Å². The Balaban J connectivity index is 1.32. The summed E-state index contributed by atoms with van der Waals surface area (Å²) < 4.78 is 52.7. The number of piperazine rings is 1. The number of benzene rings is 2. The third-order valence-electron chi connectivity index (χ3n) is 7.53. The van der Waals surface area contributed by atoms with E-state index in [9.17, 15) is 27.5 Å². The van der Waals surface area contributed by atoms with Crippen LogP contribution >= 0.6 is 11.6 Å². The van der Waals surface area contributed by atoms with Crippen LogP contribution in [-0.4, -0.2) is 92.0 Å². The molecule has 220 valence electrons. The number of alkyl halides is 3. The molecule has 0 bridgehead atoms. The lowest BCUT2D eigenvalue weighted by Gasteiger charge is -2.37. The lowest BCUT2D eigenvalue weighted by molar-refractivity contribution is -0.138. The topological polar surface area (TPSA) is 71.1 Å². The van der Waals surface area contributed by atoms with Crippen LogP contribution in [0.4, 0.5) is 28.9 Å². The molecule has 2 aromatic carbocycles. The van der Waals surface area contributed by atoms with Crippen molar-refractivity contribution in [1.82, 2.24) is 15.1 Å². The van der Waals surface area contributed by atoms with E-state index in [0.717, 1.165) is 25.9 Å². The van der Waals surface area contributed by atoms with Gasteiger partial charge in [-0.2, -0.15) is 13.2 Å². The fourth-order valence-corrected chi connectivity index (χ4v) is 5.43. The molecule has 1 atom stereocenters. The minimum absolute atomic E-state index is 0.0517. The van der Waals surface area contributed by atoms with Crippen LogP contribution in [0.1, 0.15) is 35.2 Å². The van der Waals surface area contributed by atoms with Gasteiger partial charge in [0.15, 0.2) is 0 Å². The number of nitrogens with zero attached hydrogens (tertiary/aromatic N) is 3. The monoisotopic (exact) mass is 585 g/mol. The molecule has 0 unspecified atom stereocenters. The molecule has 2 aliphatic heterocycles. The molecule has 2 heterocycles. The van der Waals surface area contributed by atoms with Crippen molar-refractivity contribution in [2.45, 2.75) is 38.0 Å². The molecule has 2 saturated heterocycles. The van der Waals surface area contributed by atoms with Crippen molar-refractivity contribution in [3.63, 3.8) is 0 Å². The van der Waals surface area contributed by atoms with E-state index < -0.39 is 24.3 Å². The van der Waals surface area contributed by atoms with E-state index in [-0.39, 0.29) is 24.8 Å². The quantitative estimate of drug-likeness (QED) is 0.269. The average Bonchev–Trinajstić information content (AvgIpc) is 3.38. The predicted octanol–water partition coefficient (Wildman–Crippen LogP) is 4.35. The van der Waals surface area contributed by atoms with Crippen molar-refractivity contribution in [2.24, 2.45) is 0 Å². The maximum absolute atomic E-state index is 14.9. The zero-order valence-corrected chi connectivity index (χ0v) is 23.1. The van der Waals surface area contributed by atoms with Crippen LogP contribution in [0.25, 0.3) is 0 Å². The predicted molar refractivity (Wildman–Crippen MR) is 149 cm³/mol. The Bertz CT molecular complexity index is 1140. The number of halogens is 5. The summed E-state index contributed by atoms with van der Waals surface area (Å²) >= 11 is 6.21. The van der Waals surface area contributed by atoms with E-state index in [2.05, 4.69) is 15.5 Å². The summed E-state index contributed by atoms with van der Waals surface area (Å²) in [6, 6.07) is 9.68. The second-order valence-corrected chi connectivity index (χ2v) is 10.8. The zero-order valence-electron chi connectivity index (χ0n) is 22.3. The summed E-state index contributed by atoms with van der Waals surface area (Å²) in [5, 5.41) is 15.9. The molecule has 1 amide bonds. The van der Waals surface area contributed by atoms with Gasteiger partial charge in [0.2, 0.25) is 0 Å². The van der Waals surface area contributed by atoms with Crippen LogP contribution in [0.5, 0.6) is 0 Å². The molecule has 40 heavy (non-hydrogen) atoms. The number of hydrogen-bond acceptors (Lipinski definition) is 6. The van der Waals surface area contributed by atoms with Crippen molar-refractivity contribution in [3.8, 4) is 0 Å². The highest BCUT2D eigenvalue weighted by Crippen LogP contribution is 2.31. The lowest BCUT2D eigenvalue weighted by atomic mass is 10.1. The maximum Gasteiger partial charge on any atom is 0.390 e. The number of rotatable bonds is 11. The van der Waals surface area contributed by atoms with E-state index in [4.69, 9.17) is 11.6 Å². The Morgan fingerprint density at radius 3 is 2.52 bits per heavy atom. The fraction of sp³-hybridized carbons (Fsp3) is 0.536. The molecular formula is C28H36ClF4N5O2. The van der Waals surface area contributed by atoms with Crippen molar-refractivity contribution in [1.29, 1.82) is 0 Å². The highest BCUT2D eigenvalue weighted by molar-refractivity contribution is 6.31. The summed E-state index contributed by atoms with van der Waals surface area (Å²) in [6.45, 7) is 4.87. The molecule has 0 spiro atoms. The highest BCUT2D eigenvalue weighted by Gasteiger charge is 2.29. The van der Waals surface area contributed by atoms with E-state index in [1.165, 1.54) is 12.1 Å². The van der Waals surface area contributed by atoms with Gasteiger partial charge in [-0.3, -0.25) is 14.6 Å². The lowest BCUT2D eigenvalue weighted by Crippen LogP contribution is -2.47. The normalized spacial score (nSPS) is 18.9. The van der Waals surface area contributed by atoms with Crippen molar-refractivity contribution in [3.05, 3.63) is 58.4 Å². The molecule has 2 aromatic rings. The van der Waals surface area contributed by atoms with Crippen LogP contribution in [0, 0.1) is 5.82 Å². The van der Waals surface area contributed by atoms with Crippen LogP contribution in [0.15, 0.2) is 36.4 Å². The minimum Gasteiger partial charge on any atom is -0.395 e. The SMILES string of the molecule is O=C(Nc1ccc(Cl)cc1N1CCN(CCC(F)(F)F)CC1)c1ccc(CNCCN2CCC[C@@H]2CO)cc1F. The smallest absolute Gasteiger partial charge is 0.390 e. The Morgan fingerprint density at radius 1 is 1.05 bits per heavy atom. The Morgan fingerprint density at radius 2 is 1.82 bits per heavy atom. The summed E-state index contributed by atoms with van der Waals surface area (Å²) in [4.78, 5) is 19.0. The molecule has 12 heteroatoms. The number of amides is 1. The van der Waals surface area contributed by atoms with E-state index in [1.54, 1.807) is 29.2 Å². The van der Waals surface area contributed by atoms with Gasteiger partial charge >= 0.3 is 6.18 Å². The maximum atomic E-state index is 14.9. The molecule has 0 aromatic heterocycles. The molecule has 3 N–H and O–H groups in total. The number of carbonyl (C=O) groups excluding carboxylic acids is 1. The second-order valence-electron chi connectivity index (χ2n) is 10.3. The fourth-order valence-electron chi connectivity index (χ4n) is 5.26. The molecular weight excluding hydrogens is 550 g/mol. The summed E-state index contributed by atoms with van der Waals surface area (Å²) in [5.41, 5.74) is 1.71. The van der Waals surface area contributed by atoms with Crippen LogP contribution in [-0.2, 0) is 6.54 Å². The highest BCUT2D eigenvalue weighted by atomic mass is 35.5. The second kappa shape index (κ2) is 14.0. The standard InChI is InChI=1S/C28H36ClF4N5O2/c29-21-4-6-25(26(17-21)38-14-12-36(13-15-38)10-7-28(31,32)33)35-27(40)23-5-3-20(16-24(23)30)18-34-8-11-37-9-1-2-22(37)19-39/h3-6,16-17,22,34,39H,1-2,7-15,18-19H2,(H,35,40)/t22-/m1/s1. The van der Waals surface area contributed by atoms with Gasteiger partial charge in [-0.25, -0.2) is 4.39 Å². The van der Waals surface area contributed by atoms with Crippen molar-refractivity contribution < 1.29 is 27.5 Å². The van der Waals surface area contributed by atoms with Gasteiger partial charge in [-0.05, 0) is 55.3 Å². The molecule has 2 fully saturated rings. The third-order valence-corrected chi connectivity index (χ3v) is 7.76. The largest absolute Gasteiger partial charge is 0.395 e. The molecule has 2 aliphatic rings. The molecule has 7 nitrogen and oxygen atoms in total. The zero-order chi connectivity index (χ0) is 28.7. The molecule has 0 aliphatic carbocycles. The molecule has 0 saturated carbocycles. The number of hydrogen-bond donors (Lipinski definition) is 3. The van der Waals surface area contributed by atoms with Gasteiger partial charge in [0.1, 0.15) is 5.82 Å². The van der Waals surface area contributed by atoms with Gasteiger partial charge in [-0.1, -0.05) is 17.7 Å². The minimum atomic E-state index is -4.19. The first-order valence-electron chi connectivity index (χ1n) is 13.6. The summed E-state index contributed by atoms with van der Waals surface area (Å²) in [5.74, 6) is -1.24. The first-order chi connectivity index (χ1) is 19.1. The number of nitrogens with one attached hydrogen (secondary N) is 2. The van der Waals surface area contributed by atoms with E-state index >= 15 is 0 Å². The number of aliphatic hydroxyl groups excluding tert-OH is 1. The molecule has 4 rings (SSSR count). The van der Waals surface area contributed by atoms with Crippen LogP contribution in [0.3, 0.4) is 0 Å². The third kappa shape index (κ3) is 8.53. The van der Waals surface area contributed by atoms with Crippen LogP contribution < -0.4 is 15.5 Å². The number of likely N-dealkylation sites (tertiary alicyclic amines) is 1. The van der Waals surface area contributed by atoms with Gasteiger partial charge in [0.25, 0.3) is 5.91 Å². The van der Waals surface area contributed by atoms with Gasteiger partial charge in [-0.15, -0.1) is 0 Å². The number of anilines is 2. The first-order valence-corrected chi connectivity index (χ1v) is 14.0. The summed E-state index contributed by atoms with van der Waals surface area (Å²) in [7, 11) is 0. The van der Waals surface area contributed by atoms with Crippen molar-refractivity contribution >= 4 is 28.9 Å². The van der Waals surface area contributed by atoms with Gasteiger partial charge < -0.3 is 20.6 Å². The van der Waals surface area contributed by atoms with Crippen LogP contribution in [0.2, 0.25) is 5.02 Å². The van der Waals surface area contributed by atoms with E-state index in [0.29, 0.717) is 61.2 Å². The average molecular weight is 586 g/mol. The summed E-state index contributed by atoms with van der Waals surface area (Å²) in [6.07, 6.45) is -2.95. The first kappa shape index (κ1) is 30.5. The van der Waals surface area contributed by atoms with Crippen molar-refractivity contribution in [2.75, 3.05) is 69.2 Å². The Kier molecular flexibility index (Phi) is 10.6. The number of carbonyl (C=O) groups is 1. The Hall–Kier alpha value is -2.44. The number of aliphatic hydroxyl groups is 1. The van der Waals surface area contributed by atoms with E-state index in [1.807, 2.05) is 4.90 Å².